The maximum atomic E-state index is 9.91. The van der Waals surface area contributed by atoms with Gasteiger partial charge in [0.1, 0.15) is 11.4 Å². The molecule has 0 radical (unpaired) electrons. The molecular formula is C12H22N2O2. The lowest BCUT2D eigenvalue weighted by molar-refractivity contribution is -0.0713. The molecule has 2 atom stereocenters. The van der Waals surface area contributed by atoms with Crippen molar-refractivity contribution in [2.24, 2.45) is 5.73 Å². The normalized spacial score (nSPS) is 30.3. The van der Waals surface area contributed by atoms with Gasteiger partial charge in [0.05, 0.1) is 6.04 Å². The van der Waals surface area contributed by atoms with Crippen molar-refractivity contribution < 1.29 is 9.84 Å². The van der Waals surface area contributed by atoms with Crippen LogP contribution < -0.4 is 11.1 Å². The van der Waals surface area contributed by atoms with Crippen molar-refractivity contribution in [2.75, 3.05) is 13.7 Å². The number of hydrogen-bond acceptors (Lipinski definition) is 4. The fourth-order valence-electron chi connectivity index (χ4n) is 2.21. The van der Waals surface area contributed by atoms with E-state index in [0.717, 1.165) is 0 Å². The van der Waals surface area contributed by atoms with Gasteiger partial charge >= 0.3 is 0 Å². The van der Waals surface area contributed by atoms with Crippen LogP contribution in [0.15, 0.2) is 24.0 Å². The molecule has 2 unspecified atom stereocenters. The van der Waals surface area contributed by atoms with E-state index in [2.05, 4.69) is 5.32 Å². The Labute approximate surface area is 97.2 Å². The highest BCUT2D eigenvalue weighted by Crippen LogP contribution is 2.34. The number of aliphatic hydroxyl groups is 1. The summed E-state index contributed by atoms with van der Waals surface area (Å²) in [5.41, 5.74) is 4.88. The van der Waals surface area contributed by atoms with Crippen LogP contribution in [0.3, 0.4) is 0 Å². The Morgan fingerprint density at radius 3 is 2.69 bits per heavy atom. The van der Waals surface area contributed by atoms with Crippen LogP contribution in [0.4, 0.5) is 0 Å². The Morgan fingerprint density at radius 2 is 2.25 bits per heavy atom. The largest absolute Gasteiger partial charge is 0.511 e. The Hall–Kier alpha value is -0.840. The lowest BCUT2D eigenvalue weighted by Gasteiger charge is -2.47. The standard InChI is InChI=1S/C12H22N2O2/c1-5-16-12(11(2,3)13)8-6-7-9(15)10(12)14-4/h6-8,10,14-15H,5,13H2,1-4H3. The minimum absolute atomic E-state index is 0.247. The van der Waals surface area contributed by atoms with E-state index in [4.69, 9.17) is 10.5 Å². The summed E-state index contributed by atoms with van der Waals surface area (Å²) < 4.78 is 5.83. The number of nitrogens with one attached hydrogen (secondary N) is 1. The van der Waals surface area contributed by atoms with Crippen molar-refractivity contribution in [3.8, 4) is 0 Å². The summed E-state index contributed by atoms with van der Waals surface area (Å²) in [5, 5.41) is 13.0. The lowest BCUT2D eigenvalue weighted by atomic mass is 9.74. The summed E-state index contributed by atoms with van der Waals surface area (Å²) >= 11 is 0. The summed E-state index contributed by atoms with van der Waals surface area (Å²) in [5.74, 6) is 0.247. The third-order valence-electron chi connectivity index (χ3n) is 3.01. The molecule has 4 heteroatoms. The second kappa shape index (κ2) is 4.57. The molecule has 0 fully saturated rings. The number of nitrogens with two attached hydrogens (primary N) is 1. The van der Waals surface area contributed by atoms with Gasteiger partial charge in [-0.05, 0) is 40.0 Å². The van der Waals surface area contributed by atoms with E-state index in [-0.39, 0.29) is 11.8 Å². The first-order chi connectivity index (χ1) is 7.39. The Balaban J connectivity index is 3.19. The average Bonchev–Trinajstić information content (AvgIpc) is 2.16. The fourth-order valence-corrected chi connectivity index (χ4v) is 2.21. The van der Waals surface area contributed by atoms with E-state index >= 15 is 0 Å². The molecule has 0 heterocycles. The lowest BCUT2D eigenvalue weighted by Crippen LogP contribution is -2.67. The van der Waals surface area contributed by atoms with Crippen molar-refractivity contribution in [1.29, 1.82) is 0 Å². The summed E-state index contributed by atoms with van der Waals surface area (Å²) in [4.78, 5) is 0. The Morgan fingerprint density at radius 1 is 1.62 bits per heavy atom. The maximum absolute atomic E-state index is 9.91. The number of rotatable bonds is 4. The van der Waals surface area contributed by atoms with Crippen LogP contribution in [-0.4, -0.2) is 35.9 Å². The Bertz CT molecular complexity index is 305. The maximum Gasteiger partial charge on any atom is 0.126 e. The second-order valence-corrected chi connectivity index (χ2v) is 4.62. The van der Waals surface area contributed by atoms with Crippen molar-refractivity contribution in [3.05, 3.63) is 24.0 Å². The van der Waals surface area contributed by atoms with Gasteiger partial charge in [0.15, 0.2) is 0 Å². The summed E-state index contributed by atoms with van der Waals surface area (Å²) in [6.07, 6.45) is 5.36. The summed E-state index contributed by atoms with van der Waals surface area (Å²) in [6.45, 7) is 6.26. The van der Waals surface area contributed by atoms with Crippen molar-refractivity contribution in [1.82, 2.24) is 5.32 Å². The highest BCUT2D eigenvalue weighted by atomic mass is 16.5. The highest BCUT2D eigenvalue weighted by Gasteiger charge is 2.50. The minimum Gasteiger partial charge on any atom is -0.511 e. The van der Waals surface area contributed by atoms with Crippen LogP contribution in [0.1, 0.15) is 20.8 Å². The topological polar surface area (TPSA) is 67.5 Å². The first-order valence-corrected chi connectivity index (χ1v) is 5.57. The van der Waals surface area contributed by atoms with E-state index in [1.165, 1.54) is 0 Å². The molecule has 1 aliphatic carbocycles. The van der Waals surface area contributed by atoms with E-state index in [1.807, 2.05) is 26.8 Å². The Kier molecular flexibility index (Phi) is 3.78. The highest BCUT2D eigenvalue weighted by molar-refractivity contribution is 5.33. The van der Waals surface area contributed by atoms with E-state index in [0.29, 0.717) is 6.61 Å². The smallest absolute Gasteiger partial charge is 0.126 e. The van der Waals surface area contributed by atoms with Gasteiger partial charge in [-0.15, -0.1) is 0 Å². The van der Waals surface area contributed by atoms with Crippen LogP contribution in [-0.2, 0) is 4.74 Å². The average molecular weight is 226 g/mol. The van der Waals surface area contributed by atoms with Gasteiger partial charge in [-0.25, -0.2) is 0 Å². The molecule has 4 N–H and O–H groups in total. The fraction of sp³-hybridized carbons (Fsp3) is 0.667. The molecule has 0 bridgehead atoms. The molecule has 0 amide bonds. The van der Waals surface area contributed by atoms with Gasteiger partial charge in [0.25, 0.3) is 0 Å². The quantitative estimate of drug-likeness (QED) is 0.671. The first kappa shape index (κ1) is 13.2. The van der Waals surface area contributed by atoms with Crippen molar-refractivity contribution in [2.45, 2.75) is 38.0 Å². The summed E-state index contributed by atoms with van der Waals surface area (Å²) in [6, 6.07) is -0.322. The van der Waals surface area contributed by atoms with Crippen LogP contribution in [0, 0.1) is 0 Å². The van der Waals surface area contributed by atoms with Crippen molar-refractivity contribution in [3.63, 3.8) is 0 Å². The van der Waals surface area contributed by atoms with Crippen LogP contribution in [0.25, 0.3) is 0 Å². The molecular weight excluding hydrogens is 204 g/mol. The second-order valence-electron chi connectivity index (χ2n) is 4.62. The molecule has 0 spiro atoms. The van der Waals surface area contributed by atoms with Crippen LogP contribution in [0.5, 0.6) is 0 Å². The summed E-state index contributed by atoms with van der Waals surface area (Å²) in [7, 11) is 1.79. The number of hydrogen-bond donors (Lipinski definition) is 3. The van der Waals surface area contributed by atoms with Crippen LogP contribution in [0.2, 0.25) is 0 Å². The molecule has 0 aromatic heterocycles. The van der Waals surface area contributed by atoms with Gasteiger partial charge in [-0.2, -0.15) is 0 Å². The first-order valence-electron chi connectivity index (χ1n) is 5.57. The van der Waals surface area contributed by atoms with Gasteiger partial charge in [0, 0.05) is 12.1 Å². The third kappa shape index (κ3) is 2.00. The zero-order chi connectivity index (χ0) is 12.4. The number of likely N-dealkylation sites (N-methyl/N-ethyl adjacent to an activating group) is 1. The molecule has 92 valence electrons. The zero-order valence-electron chi connectivity index (χ0n) is 10.4. The molecule has 0 saturated carbocycles. The van der Waals surface area contributed by atoms with E-state index in [1.54, 1.807) is 19.2 Å². The predicted molar refractivity (Wildman–Crippen MR) is 65.3 cm³/mol. The van der Waals surface area contributed by atoms with Gasteiger partial charge in [-0.3, -0.25) is 0 Å². The number of aliphatic hydroxyl groups excluding tert-OH is 1. The molecule has 0 aromatic rings. The third-order valence-corrected chi connectivity index (χ3v) is 3.01. The molecule has 4 nitrogen and oxygen atoms in total. The van der Waals surface area contributed by atoms with Crippen molar-refractivity contribution >= 4 is 0 Å². The molecule has 0 aliphatic heterocycles. The van der Waals surface area contributed by atoms with E-state index in [9.17, 15) is 5.11 Å². The molecule has 1 rings (SSSR count). The predicted octanol–water partition coefficient (Wildman–Crippen LogP) is 1.10. The minimum atomic E-state index is -0.727. The molecule has 16 heavy (non-hydrogen) atoms. The van der Waals surface area contributed by atoms with Gasteiger partial charge in [0.2, 0.25) is 0 Å². The van der Waals surface area contributed by atoms with E-state index < -0.39 is 11.1 Å². The zero-order valence-corrected chi connectivity index (χ0v) is 10.4. The molecule has 0 saturated heterocycles. The molecule has 1 aliphatic rings. The van der Waals surface area contributed by atoms with Crippen LogP contribution >= 0.6 is 0 Å². The van der Waals surface area contributed by atoms with Gasteiger partial charge < -0.3 is 20.9 Å². The SMILES string of the molecule is CCOC1(C(C)(C)N)C=CC=C(O)C1NC. The molecule has 0 aromatic carbocycles. The number of allylic oxidation sites excluding steroid dienone is 2. The van der Waals surface area contributed by atoms with Gasteiger partial charge in [-0.1, -0.05) is 6.08 Å². The number of ether oxygens (including phenoxy) is 1. The monoisotopic (exact) mass is 226 g/mol.